The van der Waals surface area contributed by atoms with Gasteiger partial charge in [0.15, 0.2) is 0 Å². The summed E-state index contributed by atoms with van der Waals surface area (Å²) in [5.41, 5.74) is -0.461. The van der Waals surface area contributed by atoms with Crippen LogP contribution in [0.25, 0.3) is 11.1 Å². The van der Waals surface area contributed by atoms with E-state index in [0.717, 1.165) is 30.3 Å². The van der Waals surface area contributed by atoms with Crippen LogP contribution < -0.4 is 10.1 Å². The molecule has 0 aliphatic carbocycles. The molecule has 1 unspecified atom stereocenters. The number of carbonyl (C=O) groups excluding carboxylic acids is 1. The van der Waals surface area contributed by atoms with Crippen LogP contribution in [-0.2, 0) is 10.8 Å². The van der Waals surface area contributed by atoms with Crippen molar-refractivity contribution in [1.82, 2.24) is 5.32 Å². The second-order valence-electron chi connectivity index (χ2n) is 7.29. The van der Waals surface area contributed by atoms with E-state index in [1.807, 2.05) is 0 Å². The number of carbonyl (C=O) groups is 1. The SMILES string of the molecule is O=C(NC(CCl)c1ccc(-c2ccc3c(c2)C(F)(F)OC(F)(F)O3)cc1)c1c(F)cccc1F. The Kier molecular flexibility index (Phi) is 6.22. The molecule has 0 spiro atoms. The van der Waals surface area contributed by atoms with Crippen LogP contribution in [-0.4, -0.2) is 18.1 Å². The molecule has 0 saturated carbocycles. The van der Waals surface area contributed by atoms with Crippen molar-refractivity contribution in [3.63, 3.8) is 0 Å². The summed E-state index contributed by atoms with van der Waals surface area (Å²) in [6.45, 7) is 0. The average Bonchev–Trinajstić information content (AvgIpc) is 2.76. The summed E-state index contributed by atoms with van der Waals surface area (Å²) in [6, 6.07) is 11.5. The first-order valence-corrected chi connectivity index (χ1v) is 10.2. The van der Waals surface area contributed by atoms with Crippen molar-refractivity contribution in [2.45, 2.75) is 18.4 Å². The molecular weight excluding hydrogens is 488 g/mol. The molecule has 3 aromatic carbocycles. The Morgan fingerprint density at radius 1 is 0.941 bits per heavy atom. The molecule has 1 amide bonds. The Bertz CT molecular complexity index is 1220. The molecule has 1 N–H and O–H groups in total. The quantitative estimate of drug-likeness (QED) is 0.327. The van der Waals surface area contributed by atoms with E-state index in [0.29, 0.717) is 11.1 Å². The third-order valence-electron chi connectivity index (χ3n) is 5.06. The van der Waals surface area contributed by atoms with Crippen LogP contribution in [0.5, 0.6) is 5.75 Å². The van der Waals surface area contributed by atoms with E-state index in [1.165, 1.54) is 30.3 Å². The maximum atomic E-state index is 14.0. The minimum Gasteiger partial charge on any atom is -0.409 e. The maximum Gasteiger partial charge on any atom is 0.540 e. The van der Waals surface area contributed by atoms with Crippen molar-refractivity contribution in [1.29, 1.82) is 0 Å². The molecule has 1 aliphatic heterocycles. The van der Waals surface area contributed by atoms with Crippen molar-refractivity contribution < 1.29 is 40.6 Å². The van der Waals surface area contributed by atoms with Gasteiger partial charge in [0.1, 0.15) is 22.9 Å². The minimum atomic E-state index is -4.47. The summed E-state index contributed by atoms with van der Waals surface area (Å²) in [4.78, 5) is 12.4. The normalized spacial score (nSPS) is 16.8. The molecule has 0 radical (unpaired) electrons. The van der Waals surface area contributed by atoms with Gasteiger partial charge in [0, 0.05) is 5.88 Å². The van der Waals surface area contributed by atoms with Gasteiger partial charge in [0.25, 0.3) is 5.91 Å². The van der Waals surface area contributed by atoms with Crippen LogP contribution in [0.1, 0.15) is 27.5 Å². The Balaban J connectivity index is 1.57. The summed E-state index contributed by atoms with van der Waals surface area (Å²) >= 11 is 5.93. The molecule has 1 atom stereocenters. The lowest BCUT2D eigenvalue weighted by atomic mass is 9.98. The van der Waals surface area contributed by atoms with Crippen molar-refractivity contribution in [2.24, 2.45) is 0 Å². The number of rotatable bonds is 5. The first-order chi connectivity index (χ1) is 16.0. The highest BCUT2D eigenvalue weighted by Gasteiger charge is 2.54. The number of amides is 1. The molecule has 0 saturated heterocycles. The van der Waals surface area contributed by atoms with E-state index in [4.69, 9.17) is 11.6 Å². The monoisotopic (exact) mass is 501 g/mol. The van der Waals surface area contributed by atoms with Gasteiger partial charge in [-0.1, -0.05) is 36.4 Å². The maximum absolute atomic E-state index is 14.0. The molecule has 34 heavy (non-hydrogen) atoms. The number of halogens is 7. The number of fused-ring (bicyclic) bond motifs is 1. The Labute approximate surface area is 194 Å². The van der Waals surface area contributed by atoms with E-state index < -0.39 is 52.9 Å². The lowest BCUT2D eigenvalue weighted by Gasteiger charge is -2.30. The van der Waals surface area contributed by atoms with Gasteiger partial charge >= 0.3 is 12.4 Å². The average molecular weight is 502 g/mol. The zero-order chi connectivity index (χ0) is 24.7. The van der Waals surface area contributed by atoms with Crippen molar-refractivity contribution in [3.8, 4) is 16.9 Å². The molecule has 0 bridgehead atoms. The molecule has 0 fully saturated rings. The molecule has 178 valence electrons. The van der Waals surface area contributed by atoms with Crippen LogP contribution in [0, 0.1) is 11.6 Å². The number of hydrogen-bond donors (Lipinski definition) is 1. The summed E-state index contributed by atoms with van der Waals surface area (Å²) in [7, 11) is 0. The summed E-state index contributed by atoms with van der Waals surface area (Å²) in [5, 5.41) is 2.45. The lowest BCUT2D eigenvalue weighted by molar-refractivity contribution is -0.461. The molecule has 11 heteroatoms. The largest absolute Gasteiger partial charge is 0.540 e. The van der Waals surface area contributed by atoms with Crippen LogP contribution in [0.15, 0.2) is 60.7 Å². The Hall–Kier alpha value is -3.24. The molecule has 1 aliphatic rings. The smallest absolute Gasteiger partial charge is 0.409 e. The highest BCUT2D eigenvalue weighted by Crippen LogP contribution is 2.47. The fourth-order valence-corrected chi connectivity index (χ4v) is 3.70. The van der Waals surface area contributed by atoms with Gasteiger partial charge in [-0.3, -0.25) is 4.79 Å². The van der Waals surface area contributed by atoms with Gasteiger partial charge in [-0.15, -0.1) is 20.4 Å². The number of ether oxygens (including phenoxy) is 2. The number of hydrogen-bond acceptors (Lipinski definition) is 3. The van der Waals surface area contributed by atoms with Gasteiger partial charge in [-0.05, 0) is 41.0 Å². The minimum absolute atomic E-state index is 0.130. The molecule has 4 nitrogen and oxygen atoms in total. The van der Waals surface area contributed by atoms with E-state index in [9.17, 15) is 31.1 Å². The van der Waals surface area contributed by atoms with Gasteiger partial charge < -0.3 is 10.1 Å². The predicted octanol–water partition coefficient (Wildman–Crippen LogP) is 6.35. The van der Waals surface area contributed by atoms with Crippen LogP contribution in [0.4, 0.5) is 26.3 Å². The predicted molar refractivity (Wildman–Crippen MR) is 110 cm³/mol. The highest BCUT2D eigenvalue weighted by molar-refractivity contribution is 6.18. The van der Waals surface area contributed by atoms with E-state index in [1.54, 1.807) is 0 Å². The lowest BCUT2D eigenvalue weighted by Crippen LogP contribution is -2.41. The molecule has 3 aromatic rings. The highest BCUT2D eigenvalue weighted by atomic mass is 35.5. The first kappa shape index (κ1) is 23.9. The Morgan fingerprint density at radius 2 is 1.56 bits per heavy atom. The van der Waals surface area contributed by atoms with Crippen LogP contribution in [0.3, 0.4) is 0 Å². The first-order valence-electron chi connectivity index (χ1n) is 9.71. The number of benzene rings is 3. The van der Waals surface area contributed by atoms with Crippen molar-refractivity contribution in [2.75, 3.05) is 5.88 Å². The summed E-state index contributed by atoms with van der Waals surface area (Å²) in [6.07, 6.45) is -8.74. The number of nitrogens with one attached hydrogen (secondary N) is 1. The topological polar surface area (TPSA) is 47.6 Å². The zero-order valence-corrected chi connectivity index (χ0v) is 17.7. The van der Waals surface area contributed by atoms with E-state index in [2.05, 4.69) is 14.8 Å². The van der Waals surface area contributed by atoms with E-state index >= 15 is 0 Å². The summed E-state index contributed by atoms with van der Waals surface area (Å²) < 4.78 is 89.8. The molecule has 1 heterocycles. The van der Waals surface area contributed by atoms with Gasteiger partial charge in [0.2, 0.25) is 0 Å². The van der Waals surface area contributed by atoms with Crippen LogP contribution >= 0.6 is 11.6 Å². The van der Waals surface area contributed by atoms with E-state index in [-0.39, 0.29) is 11.4 Å². The van der Waals surface area contributed by atoms with Gasteiger partial charge in [-0.2, -0.15) is 8.78 Å². The van der Waals surface area contributed by atoms with Crippen molar-refractivity contribution in [3.05, 3.63) is 89.0 Å². The van der Waals surface area contributed by atoms with Crippen molar-refractivity contribution >= 4 is 17.5 Å². The molecular formula is C23H14ClF6NO3. The molecule has 4 rings (SSSR count). The van der Waals surface area contributed by atoms with Crippen LogP contribution in [0.2, 0.25) is 0 Å². The fraction of sp³-hybridized carbons (Fsp3) is 0.174. The zero-order valence-electron chi connectivity index (χ0n) is 16.9. The second-order valence-corrected chi connectivity index (χ2v) is 7.60. The third kappa shape index (κ3) is 4.69. The second kappa shape index (κ2) is 8.84. The van der Waals surface area contributed by atoms with Gasteiger partial charge in [-0.25, -0.2) is 13.5 Å². The molecule has 0 aromatic heterocycles. The fourth-order valence-electron chi connectivity index (χ4n) is 3.44. The number of alkyl halides is 5. The Morgan fingerprint density at radius 3 is 2.18 bits per heavy atom. The van der Waals surface area contributed by atoms with Gasteiger partial charge in [0.05, 0.1) is 11.6 Å². The summed E-state index contributed by atoms with van der Waals surface area (Å²) in [5.74, 6) is -3.91. The third-order valence-corrected chi connectivity index (χ3v) is 5.37. The standard InChI is InChI=1S/C23H14ClF6NO3/c24-11-18(31-21(32)20-16(25)2-1-3-17(20)26)13-6-4-12(5-7-13)14-8-9-19-15(10-14)22(27,28)34-23(29,30)33-19/h1-10,18H,11H2,(H,31,32).